The number of hydrogen-bond donors (Lipinski definition) is 4. The lowest BCUT2D eigenvalue weighted by Gasteiger charge is -2.30. The van der Waals surface area contributed by atoms with Crippen LogP contribution in [-0.2, 0) is 32.0 Å². The van der Waals surface area contributed by atoms with Gasteiger partial charge >= 0.3 is 0 Å². The zero-order valence-corrected chi connectivity index (χ0v) is 23.4. The minimum atomic E-state index is -1.30. The average Bonchev–Trinajstić information content (AvgIpc) is 3.74. The summed E-state index contributed by atoms with van der Waals surface area (Å²) >= 11 is 0. The maximum atomic E-state index is 13.3. The molecule has 3 rings (SSSR count). The second-order valence-corrected chi connectivity index (χ2v) is 10.3. The van der Waals surface area contributed by atoms with Crippen LogP contribution in [0.4, 0.5) is 0 Å². The van der Waals surface area contributed by atoms with Gasteiger partial charge in [-0.05, 0) is 31.6 Å². The molecule has 0 saturated carbocycles. The second-order valence-electron chi connectivity index (χ2n) is 10.3. The number of hydrogen-bond acceptors (Lipinski definition) is 10. The molecule has 218 valence electrons. The molecule has 0 radical (unpaired) electrons. The molecule has 1 heterocycles. The molecule has 1 aromatic rings. The highest BCUT2D eigenvalue weighted by Gasteiger charge is 2.54. The van der Waals surface area contributed by atoms with Crippen molar-refractivity contribution in [3.8, 4) is 23.0 Å². The molecule has 0 aromatic heterocycles. The van der Waals surface area contributed by atoms with Crippen LogP contribution in [0.1, 0.15) is 37.8 Å². The Morgan fingerprint density at radius 2 is 1.49 bits per heavy atom. The van der Waals surface area contributed by atoms with Crippen LogP contribution >= 0.6 is 0 Å². The first-order valence-corrected chi connectivity index (χ1v) is 13.0. The number of amides is 2. The van der Waals surface area contributed by atoms with Crippen molar-refractivity contribution < 1.29 is 48.3 Å². The number of Topliss-reactive ketones (excluding diaryl/α,β-unsaturated/α-hetero) is 1. The third-order valence-corrected chi connectivity index (χ3v) is 7.26. The van der Waals surface area contributed by atoms with Gasteiger partial charge in [0.05, 0.1) is 54.3 Å². The fraction of sp³-hybridized carbons (Fsp3) is 0.667. The van der Waals surface area contributed by atoms with Crippen molar-refractivity contribution in [1.29, 1.82) is 0 Å². The van der Waals surface area contributed by atoms with E-state index in [9.17, 15) is 24.6 Å². The molecule has 0 bridgehead atoms. The van der Waals surface area contributed by atoms with E-state index in [-0.39, 0.29) is 18.9 Å². The lowest BCUT2D eigenvalue weighted by Crippen LogP contribution is -2.56. The molecule has 3 unspecified atom stereocenters. The van der Waals surface area contributed by atoms with E-state index in [0.29, 0.717) is 42.3 Å². The number of fused-ring (bicyclic) bond motifs is 1. The number of carbonyl (C=O) groups excluding carboxylic acids is 3. The SMILES string of the molecule is COc1c2c(c(OC)c(OC)c1OC)CC(C(=O)N[C@@H](CO)C(=O)NC(CC(C)C)C(=O)C1(CO)CO1)CC2. The summed E-state index contributed by atoms with van der Waals surface area (Å²) in [4.78, 5) is 39.3. The number of aliphatic hydroxyl groups is 2. The molecule has 4 N–H and O–H groups in total. The highest BCUT2D eigenvalue weighted by atomic mass is 16.6. The van der Waals surface area contributed by atoms with Crippen LogP contribution in [0.15, 0.2) is 0 Å². The van der Waals surface area contributed by atoms with Gasteiger partial charge in [-0.2, -0.15) is 0 Å². The molecule has 1 fully saturated rings. The van der Waals surface area contributed by atoms with Crippen molar-refractivity contribution in [2.75, 3.05) is 48.3 Å². The first-order valence-electron chi connectivity index (χ1n) is 13.0. The number of rotatable bonds is 14. The summed E-state index contributed by atoms with van der Waals surface area (Å²) < 4.78 is 27.4. The Kier molecular flexibility index (Phi) is 10.0. The summed E-state index contributed by atoms with van der Waals surface area (Å²) in [6, 6.07) is -2.20. The second kappa shape index (κ2) is 12.8. The number of ketones is 1. The number of methoxy groups -OCH3 is 4. The van der Waals surface area contributed by atoms with Crippen molar-refractivity contribution in [2.24, 2.45) is 11.8 Å². The van der Waals surface area contributed by atoms with E-state index in [4.69, 9.17) is 23.7 Å². The Morgan fingerprint density at radius 1 is 0.923 bits per heavy atom. The quantitative estimate of drug-likeness (QED) is 0.234. The smallest absolute Gasteiger partial charge is 0.245 e. The number of aliphatic hydroxyl groups excluding tert-OH is 2. The summed E-state index contributed by atoms with van der Waals surface area (Å²) in [6.07, 6.45) is 1.54. The van der Waals surface area contributed by atoms with E-state index >= 15 is 0 Å². The first-order chi connectivity index (χ1) is 18.6. The first kappa shape index (κ1) is 30.5. The Labute approximate surface area is 228 Å². The highest BCUT2D eigenvalue weighted by Crippen LogP contribution is 2.52. The highest BCUT2D eigenvalue weighted by molar-refractivity contribution is 5.98. The average molecular weight is 553 g/mol. The molecule has 12 nitrogen and oxygen atoms in total. The monoisotopic (exact) mass is 552 g/mol. The fourth-order valence-electron chi connectivity index (χ4n) is 5.10. The van der Waals surface area contributed by atoms with E-state index in [1.807, 2.05) is 13.8 Å². The molecule has 1 saturated heterocycles. The van der Waals surface area contributed by atoms with Gasteiger partial charge in [-0.1, -0.05) is 13.8 Å². The van der Waals surface area contributed by atoms with E-state index in [2.05, 4.69) is 10.6 Å². The van der Waals surface area contributed by atoms with Gasteiger partial charge in [0.1, 0.15) is 6.04 Å². The zero-order chi connectivity index (χ0) is 28.9. The van der Waals surface area contributed by atoms with Crippen molar-refractivity contribution in [3.05, 3.63) is 11.1 Å². The van der Waals surface area contributed by atoms with Gasteiger partial charge in [0.15, 0.2) is 22.9 Å². The summed E-state index contributed by atoms with van der Waals surface area (Å²) in [7, 11) is 6.02. The van der Waals surface area contributed by atoms with Crippen molar-refractivity contribution >= 4 is 17.6 Å². The minimum absolute atomic E-state index is 0.0563. The van der Waals surface area contributed by atoms with E-state index < -0.39 is 54.4 Å². The predicted molar refractivity (Wildman–Crippen MR) is 139 cm³/mol. The normalized spacial score (nSPS) is 21.3. The van der Waals surface area contributed by atoms with Crippen molar-refractivity contribution in [3.63, 3.8) is 0 Å². The van der Waals surface area contributed by atoms with E-state index in [1.165, 1.54) is 28.4 Å². The van der Waals surface area contributed by atoms with Crippen LogP contribution < -0.4 is 29.6 Å². The maximum Gasteiger partial charge on any atom is 0.245 e. The summed E-state index contributed by atoms with van der Waals surface area (Å²) in [5.41, 5.74) is 0.289. The predicted octanol–water partition coefficient (Wildman–Crippen LogP) is 0.164. The molecule has 1 aliphatic carbocycles. The number of carbonyl (C=O) groups is 3. The Morgan fingerprint density at radius 3 is 1.95 bits per heavy atom. The van der Waals surface area contributed by atoms with Gasteiger partial charge in [-0.15, -0.1) is 0 Å². The molecule has 12 heteroatoms. The summed E-state index contributed by atoms with van der Waals surface area (Å²) in [5, 5.41) is 24.8. The topological polar surface area (TPSA) is 165 Å². The molecule has 0 spiro atoms. The molecule has 2 aliphatic rings. The van der Waals surface area contributed by atoms with Gasteiger partial charge in [0.2, 0.25) is 23.3 Å². The van der Waals surface area contributed by atoms with Gasteiger partial charge in [0.25, 0.3) is 0 Å². The largest absolute Gasteiger partial charge is 0.492 e. The van der Waals surface area contributed by atoms with Crippen LogP contribution in [0.5, 0.6) is 23.0 Å². The molecule has 39 heavy (non-hydrogen) atoms. The van der Waals surface area contributed by atoms with Crippen molar-refractivity contribution in [1.82, 2.24) is 10.6 Å². The number of epoxide rings is 1. The molecule has 1 aliphatic heterocycles. The summed E-state index contributed by atoms with van der Waals surface area (Å²) in [5.74, 6) is -0.305. The lowest BCUT2D eigenvalue weighted by atomic mass is 9.81. The molecule has 2 amide bonds. The third-order valence-electron chi connectivity index (χ3n) is 7.26. The molecule has 1 aromatic carbocycles. The fourth-order valence-corrected chi connectivity index (χ4v) is 5.10. The molecular weight excluding hydrogens is 512 g/mol. The number of benzene rings is 1. The van der Waals surface area contributed by atoms with Crippen LogP contribution in [0, 0.1) is 11.8 Å². The Hall–Kier alpha value is -3.09. The Bertz CT molecular complexity index is 1040. The molecule has 4 atom stereocenters. The van der Waals surface area contributed by atoms with Crippen molar-refractivity contribution in [2.45, 2.75) is 57.2 Å². The van der Waals surface area contributed by atoms with Gasteiger partial charge < -0.3 is 44.5 Å². The lowest BCUT2D eigenvalue weighted by molar-refractivity contribution is -0.135. The van der Waals surface area contributed by atoms with E-state index in [0.717, 1.165) is 11.1 Å². The minimum Gasteiger partial charge on any atom is -0.492 e. The van der Waals surface area contributed by atoms with Gasteiger partial charge in [-0.3, -0.25) is 14.4 Å². The number of nitrogens with one attached hydrogen (secondary N) is 2. The van der Waals surface area contributed by atoms with Crippen LogP contribution in [0.3, 0.4) is 0 Å². The molecular formula is C27H40N2O10. The Balaban J connectivity index is 1.77. The van der Waals surface area contributed by atoms with E-state index in [1.54, 1.807) is 0 Å². The van der Waals surface area contributed by atoms with Crippen LogP contribution in [-0.4, -0.2) is 93.8 Å². The summed E-state index contributed by atoms with van der Waals surface area (Å²) in [6.45, 7) is 2.73. The van der Waals surface area contributed by atoms with Gasteiger partial charge in [-0.25, -0.2) is 0 Å². The number of ether oxygens (including phenoxy) is 5. The van der Waals surface area contributed by atoms with Gasteiger partial charge in [0, 0.05) is 17.0 Å². The standard InChI is InChI=1S/C27H40N2O10/c1-14(2)9-18(24(32)27(12-31)13-39-27)28-26(34)19(11-30)29-25(33)15-7-8-16-17(10-15)21(36-4)23(38-6)22(37-5)20(16)35-3/h14-15,18-19,30-31H,7-13H2,1-6H3,(H,28,34)(H,29,33)/t15?,18?,19-,27?/m0/s1. The maximum absolute atomic E-state index is 13.3. The van der Waals surface area contributed by atoms with Crippen LogP contribution in [0.2, 0.25) is 0 Å². The third kappa shape index (κ3) is 6.23. The zero-order valence-electron chi connectivity index (χ0n) is 23.4. The van der Waals surface area contributed by atoms with Crippen LogP contribution in [0.25, 0.3) is 0 Å².